The van der Waals surface area contributed by atoms with Crippen LogP contribution in [0, 0.1) is 5.92 Å². The van der Waals surface area contributed by atoms with Crippen molar-refractivity contribution < 1.29 is 19.1 Å². The molecule has 7 heteroatoms. The van der Waals surface area contributed by atoms with Gasteiger partial charge in [-0.2, -0.15) is 0 Å². The number of nitrogens with one attached hydrogen (secondary N) is 2. The molecule has 0 saturated heterocycles. The van der Waals surface area contributed by atoms with Crippen LogP contribution in [0.25, 0.3) is 0 Å². The third-order valence-corrected chi connectivity index (χ3v) is 6.77. The SMILES string of the molecule is CCCC(C)NC(=O)C(c1ccc(CC)cc1)N(C(=O)C(CC(C)C)NC(=O)OC(C)(C)C)C(C)(C)CC. The molecular formula is C31H53N3O4. The van der Waals surface area contributed by atoms with Crippen LogP contribution >= 0.6 is 0 Å². The van der Waals surface area contributed by atoms with E-state index in [1.807, 2.05) is 65.8 Å². The van der Waals surface area contributed by atoms with Gasteiger partial charge in [-0.25, -0.2) is 4.79 Å². The third-order valence-electron chi connectivity index (χ3n) is 6.77. The van der Waals surface area contributed by atoms with Crippen molar-refractivity contribution in [3.8, 4) is 0 Å². The molecule has 3 amide bonds. The Morgan fingerprint density at radius 1 is 0.921 bits per heavy atom. The number of ether oxygens (including phenoxy) is 1. The number of benzene rings is 1. The number of nitrogens with zero attached hydrogens (tertiary/aromatic N) is 1. The topological polar surface area (TPSA) is 87.7 Å². The van der Waals surface area contributed by atoms with E-state index in [4.69, 9.17) is 4.74 Å². The minimum absolute atomic E-state index is 0.0297. The fraction of sp³-hybridized carbons (Fsp3) is 0.710. The summed E-state index contributed by atoms with van der Waals surface area (Å²) < 4.78 is 5.49. The highest BCUT2D eigenvalue weighted by Gasteiger charge is 2.43. The number of rotatable bonds is 13. The summed E-state index contributed by atoms with van der Waals surface area (Å²) in [6.45, 7) is 21.5. The Labute approximate surface area is 231 Å². The Kier molecular flexibility index (Phi) is 12.8. The molecule has 0 fully saturated rings. The summed E-state index contributed by atoms with van der Waals surface area (Å²) >= 11 is 0. The first kappa shape index (κ1) is 33.5. The Bertz CT molecular complexity index is 903. The fourth-order valence-corrected chi connectivity index (χ4v) is 4.44. The maximum absolute atomic E-state index is 14.4. The van der Waals surface area contributed by atoms with E-state index < -0.39 is 29.3 Å². The molecule has 1 aromatic rings. The van der Waals surface area contributed by atoms with Gasteiger partial charge < -0.3 is 20.3 Å². The van der Waals surface area contributed by atoms with Gasteiger partial charge in [-0.15, -0.1) is 0 Å². The van der Waals surface area contributed by atoms with Crippen molar-refractivity contribution in [1.82, 2.24) is 15.5 Å². The fourth-order valence-electron chi connectivity index (χ4n) is 4.44. The van der Waals surface area contributed by atoms with E-state index in [9.17, 15) is 14.4 Å². The number of carbonyl (C=O) groups is 3. The number of aryl methyl sites for hydroxylation is 1. The lowest BCUT2D eigenvalue weighted by Gasteiger charge is -2.45. The summed E-state index contributed by atoms with van der Waals surface area (Å²) in [5.74, 6) is -0.379. The van der Waals surface area contributed by atoms with E-state index in [-0.39, 0.29) is 23.8 Å². The number of hydrogen-bond donors (Lipinski definition) is 2. The molecule has 0 spiro atoms. The van der Waals surface area contributed by atoms with E-state index in [1.165, 1.54) is 0 Å². The summed E-state index contributed by atoms with van der Waals surface area (Å²) in [5.41, 5.74) is 0.543. The number of hydrogen-bond acceptors (Lipinski definition) is 4. The van der Waals surface area contributed by atoms with Crippen molar-refractivity contribution in [3.63, 3.8) is 0 Å². The molecule has 1 aromatic carbocycles. The molecule has 0 aliphatic rings. The minimum atomic E-state index is -0.849. The van der Waals surface area contributed by atoms with Gasteiger partial charge in [-0.05, 0) is 84.3 Å². The summed E-state index contributed by atoms with van der Waals surface area (Å²) in [7, 11) is 0. The molecule has 0 aliphatic carbocycles. The number of amides is 3. The molecule has 0 bridgehead atoms. The van der Waals surface area contributed by atoms with Crippen LogP contribution in [-0.4, -0.2) is 46.0 Å². The normalized spacial score (nSPS) is 14.4. The van der Waals surface area contributed by atoms with E-state index in [0.717, 1.165) is 30.4 Å². The van der Waals surface area contributed by atoms with E-state index in [2.05, 4.69) is 24.5 Å². The predicted octanol–water partition coefficient (Wildman–Crippen LogP) is 6.55. The zero-order valence-corrected chi connectivity index (χ0v) is 25.7. The standard InChI is InChI=1S/C31H53N3O4/c1-12-15-22(6)32-27(35)26(24-18-16-23(13-2)17-19-24)34(31(10,11)14-3)28(36)25(20-21(4)5)33-29(37)38-30(7,8)9/h16-19,21-22,25-26H,12-15,20H2,1-11H3,(H,32,35)(H,33,37). The maximum Gasteiger partial charge on any atom is 0.408 e. The lowest BCUT2D eigenvalue weighted by atomic mass is 9.90. The monoisotopic (exact) mass is 531 g/mol. The van der Waals surface area contributed by atoms with Gasteiger partial charge in [0, 0.05) is 11.6 Å². The van der Waals surface area contributed by atoms with Gasteiger partial charge >= 0.3 is 6.09 Å². The van der Waals surface area contributed by atoms with Crippen molar-refractivity contribution in [2.24, 2.45) is 5.92 Å². The van der Waals surface area contributed by atoms with E-state index in [1.54, 1.807) is 25.7 Å². The van der Waals surface area contributed by atoms with Crippen LogP contribution in [-0.2, 0) is 20.7 Å². The highest BCUT2D eigenvalue weighted by Crippen LogP contribution is 2.33. The Morgan fingerprint density at radius 3 is 1.95 bits per heavy atom. The van der Waals surface area contributed by atoms with Crippen molar-refractivity contribution in [1.29, 1.82) is 0 Å². The summed E-state index contributed by atoms with van der Waals surface area (Å²) in [5, 5.41) is 5.97. The molecule has 2 N–H and O–H groups in total. The second kappa shape index (κ2) is 14.5. The molecule has 1 rings (SSSR count). The molecule has 38 heavy (non-hydrogen) atoms. The van der Waals surface area contributed by atoms with Gasteiger partial charge in [0.2, 0.25) is 11.8 Å². The van der Waals surface area contributed by atoms with Crippen LogP contribution in [0.5, 0.6) is 0 Å². The lowest BCUT2D eigenvalue weighted by Crippen LogP contribution is -2.60. The average Bonchev–Trinajstić information content (AvgIpc) is 2.80. The zero-order chi connectivity index (χ0) is 29.3. The van der Waals surface area contributed by atoms with Crippen LogP contribution in [0.4, 0.5) is 4.79 Å². The summed E-state index contributed by atoms with van der Waals surface area (Å²) in [6.07, 6.45) is 3.07. The van der Waals surface area contributed by atoms with Crippen LogP contribution in [0.2, 0.25) is 0 Å². The van der Waals surface area contributed by atoms with Crippen molar-refractivity contribution in [2.75, 3.05) is 0 Å². The Hall–Kier alpha value is -2.57. The lowest BCUT2D eigenvalue weighted by molar-refractivity contribution is -0.150. The first-order valence-corrected chi connectivity index (χ1v) is 14.3. The smallest absolute Gasteiger partial charge is 0.408 e. The molecule has 0 aromatic heterocycles. The largest absolute Gasteiger partial charge is 0.444 e. The quantitative estimate of drug-likeness (QED) is 0.302. The van der Waals surface area contributed by atoms with Gasteiger partial charge in [0.05, 0.1) is 0 Å². The van der Waals surface area contributed by atoms with Crippen molar-refractivity contribution >= 4 is 17.9 Å². The van der Waals surface area contributed by atoms with Gasteiger partial charge in [0.1, 0.15) is 17.7 Å². The summed E-state index contributed by atoms with van der Waals surface area (Å²) in [4.78, 5) is 42.8. The van der Waals surface area contributed by atoms with Gasteiger partial charge in [0.15, 0.2) is 0 Å². The molecule has 3 atom stereocenters. The molecule has 0 saturated carbocycles. The van der Waals surface area contributed by atoms with Crippen LogP contribution in [0.3, 0.4) is 0 Å². The molecule has 216 valence electrons. The van der Waals surface area contributed by atoms with Gasteiger partial charge in [-0.1, -0.05) is 65.3 Å². The maximum atomic E-state index is 14.4. The molecule has 0 heterocycles. The van der Waals surface area contributed by atoms with Gasteiger partial charge in [-0.3, -0.25) is 9.59 Å². The molecule has 0 aliphatic heterocycles. The average molecular weight is 532 g/mol. The van der Waals surface area contributed by atoms with Crippen LogP contribution < -0.4 is 10.6 Å². The minimum Gasteiger partial charge on any atom is -0.444 e. The predicted molar refractivity (Wildman–Crippen MR) is 155 cm³/mol. The van der Waals surface area contributed by atoms with Crippen molar-refractivity contribution in [2.45, 2.75) is 138 Å². The molecule has 0 radical (unpaired) electrons. The van der Waals surface area contributed by atoms with Gasteiger partial charge in [0.25, 0.3) is 0 Å². The van der Waals surface area contributed by atoms with E-state index >= 15 is 0 Å². The first-order valence-electron chi connectivity index (χ1n) is 14.3. The second-order valence-corrected chi connectivity index (χ2v) is 12.4. The summed E-state index contributed by atoms with van der Waals surface area (Å²) in [6, 6.07) is 6.19. The van der Waals surface area contributed by atoms with E-state index in [0.29, 0.717) is 12.8 Å². The Balaban J connectivity index is 3.65. The number of alkyl carbamates (subject to hydrolysis) is 1. The van der Waals surface area contributed by atoms with Crippen LogP contribution in [0.15, 0.2) is 24.3 Å². The molecule has 3 unspecified atom stereocenters. The highest BCUT2D eigenvalue weighted by atomic mass is 16.6. The first-order chi connectivity index (χ1) is 17.6. The second-order valence-electron chi connectivity index (χ2n) is 12.4. The molecular weight excluding hydrogens is 478 g/mol. The third kappa shape index (κ3) is 10.3. The van der Waals surface area contributed by atoms with Crippen LogP contribution in [0.1, 0.15) is 119 Å². The highest BCUT2D eigenvalue weighted by molar-refractivity contribution is 5.92. The Morgan fingerprint density at radius 2 is 1.50 bits per heavy atom. The number of carbonyl (C=O) groups excluding carboxylic acids is 3. The molecule has 7 nitrogen and oxygen atoms in total. The zero-order valence-electron chi connectivity index (χ0n) is 25.7. The van der Waals surface area contributed by atoms with Crippen molar-refractivity contribution in [3.05, 3.63) is 35.4 Å².